The van der Waals surface area contributed by atoms with Crippen LogP contribution in [0, 0.1) is 0 Å². The summed E-state index contributed by atoms with van der Waals surface area (Å²) in [4.78, 5) is 4.37. The van der Waals surface area contributed by atoms with Crippen LogP contribution in [0.4, 0.5) is 11.4 Å². The standard InChI is InChI=1S/C15H21N3OS/c1-10(2)19-13-9-11(5-6-12(13)16)18-15(3,4)14-17-7-8-20-14/h5-10,18H,16H2,1-4H3. The summed E-state index contributed by atoms with van der Waals surface area (Å²) in [5.41, 5.74) is 7.31. The highest BCUT2D eigenvalue weighted by Gasteiger charge is 2.23. The van der Waals surface area contributed by atoms with E-state index >= 15 is 0 Å². The van der Waals surface area contributed by atoms with Gasteiger partial charge in [0.1, 0.15) is 10.8 Å². The summed E-state index contributed by atoms with van der Waals surface area (Å²) in [6, 6.07) is 5.75. The lowest BCUT2D eigenvalue weighted by Crippen LogP contribution is -2.27. The summed E-state index contributed by atoms with van der Waals surface area (Å²) >= 11 is 1.64. The van der Waals surface area contributed by atoms with Gasteiger partial charge < -0.3 is 15.8 Å². The molecule has 0 atom stereocenters. The monoisotopic (exact) mass is 291 g/mol. The molecule has 0 bridgehead atoms. The molecule has 108 valence electrons. The van der Waals surface area contributed by atoms with Crippen molar-refractivity contribution in [3.63, 3.8) is 0 Å². The topological polar surface area (TPSA) is 60.2 Å². The number of thiazole rings is 1. The number of benzene rings is 1. The number of hydrogen-bond donors (Lipinski definition) is 2. The van der Waals surface area contributed by atoms with Crippen molar-refractivity contribution in [1.29, 1.82) is 0 Å². The lowest BCUT2D eigenvalue weighted by molar-refractivity contribution is 0.244. The van der Waals surface area contributed by atoms with Crippen LogP contribution in [0.25, 0.3) is 0 Å². The molecule has 0 aliphatic rings. The Labute approximate surface area is 124 Å². The van der Waals surface area contributed by atoms with Gasteiger partial charge in [-0.25, -0.2) is 4.98 Å². The van der Waals surface area contributed by atoms with Gasteiger partial charge in [-0.15, -0.1) is 11.3 Å². The van der Waals surface area contributed by atoms with Gasteiger partial charge in [-0.05, 0) is 39.8 Å². The predicted octanol–water partition coefficient (Wildman–Crippen LogP) is 3.86. The van der Waals surface area contributed by atoms with Crippen molar-refractivity contribution in [1.82, 2.24) is 4.98 Å². The van der Waals surface area contributed by atoms with Crippen molar-refractivity contribution >= 4 is 22.7 Å². The van der Waals surface area contributed by atoms with Crippen molar-refractivity contribution in [2.75, 3.05) is 11.1 Å². The highest BCUT2D eigenvalue weighted by atomic mass is 32.1. The average molecular weight is 291 g/mol. The quantitative estimate of drug-likeness (QED) is 0.821. The number of nitrogens with zero attached hydrogens (tertiary/aromatic N) is 1. The van der Waals surface area contributed by atoms with E-state index in [-0.39, 0.29) is 11.6 Å². The maximum absolute atomic E-state index is 5.93. The van der Waals surface area contributed by atoms with E-state index in [1.807, 2.05) is 43.6 Å². The van der Waals surface area contributed by atoms with E-state index in [9.17, 15) is 0 Å². The first-order valence-electron chi connectivity index (χ1n) is 6.63. The van der Waals surface area contributed by atoms with Crippen LogP contribution < -0.4 is 15.8 Å². The van der Waals surface area contributed by atoms with Gasteiger partial charge in [0.2, 0.25) is 0 Å². The number of hydrogen-bond acceptors (Lipinski definition) is 5. The van der Waals surface area contributed by atoms with Gasteiger partial charge in [0.15, 0.2) is 0 Å². The number of anilines is 2. The van der Waals surface area contributed by atoms with Crippen LogP contribution in [0.3, 0.4) is 0 Å². The summed E-state index contributed by atoms with van der Waals surface area (Å²) in [6.07, 6.45) is 1.92. The molecule has 0 amide bonds. The number of rotatable bonds is 5. The van der Waals surface area contributed by atoms with E-state index in [1.54, 1.807) is 11.3 Å². The molecule has 0 spiro atoms. The fraction of sp³-hybridized carbons (Fsp3) is 0.400. The number of nitrogens with two attached hydrogens (primary N) is 1. The zero-order valence-electron chi connectivity index (χ0n) is 12.3. The Morgan fingerprint density at radius 3 is 2.70 bits per heavy atom. The fourth-order valence-electron chi connectivity index (χ4n) is 1.91. The molecule has 20 heavy (non-hydrogen) atoms. The Balaban J connectivity index is 2.21. The lowest BCUT2D eigenvalue weighted by atomic mass is 10.1. The van der Waals surface area contributed by atoms with E-state index in [0.717, 1.165) is 10.7 Å². The van der Waals surface area contributed by atoms with Crippen LogP contribution in [0.1, 0.15) is 32.7 Å². The predicted molar refractivity (Wildman–Crippen MR) is 85.4 cm³/mol. The van der Waals surface area contributed by atoms with E-state index in [4.69, 9.17) is 10.5 Å². The van der Waals surface area contributed by atoms with Gasteiger partial charge in [-0.3, -0.25) is 0 Å². The minimum absolute atomic E-state index is 0.0968. The summed E-state index contributed by atoms with van der Waals surface area (Å²) in [7, 11) is 0. The first kappa shape index (κ1) is 14.7. The second-order valence-corrected chi connectivity index (χ2v) is 6.40. The zero-order valence-corrected chi connectivity index (χ0v) is 13.1. The molecule has 1 aromatic carbocycles. The molecule has 0 unspecified atom stereocenters. The molecule has 3 N–H and O–H groups in total. The number of ether oxygens (including phenoxy) is 1. The SMILES string of the molecule is CC(C)Oc1cc(NC(C)(C)c2nccs2)ccc1N. The third kappa shape index (κ3) is 3.42. The van der Waals surface area contributed by atoms with Crippen LogP contribution in [0.15, 0.2) is 29.8 Å². The average Bonchev–Trinajstić information content (AvgIpc) is 2.87. The highest BCUT2D eigenvalue weighted by molar-refractivity contribution is 7.09. The van der Waals surface area contributed by atoms with Gasteiger partial charge in [0.25, 0.3) is 0 Å². The van der Waals surface area contributed by atoms with Crippen molar-refractivity contribution in [3.05, 3.63) is 34.8 Å². The summed E-state index contributed by atoms with van der Waals surface area (Å²) < 4.78 is 5.71. The number of aromatic nitrogens is 1. The number of nitrogen functional groups attached to an aromatic ring is 1. The molecular formula is C15H21N3OS. The maximum Gasteiger partial charge on any atom is 0.144 e. The largest absolute Gasteiger partial charge is 0.489 e. The molecule has 0 fully saturated rings. The third-order valence-corrected chi connectivity index (χ3v) is 3.90. The first-order valence-corrected chi connectivity index (χ1v) is 7.51. The van der Waals surface area contributed by atoms with Gasteiger partial charge in [-0.1, -0.05) is 0 Å². The molecule has 0 aliphatic heterocycles. The van der Waals surface area contributed by atoms with Crippen molar-refractivity contribution in [2.24, 2.45) is 0 Å². The molecule has 2 aromatic rings. The highest BCUT2D eigenvalue weighted by Crippen LogP contribution is 2.31. The smallest absolute Gasteiger partial charge is 0.144 e. The minimum atomic E-state index is -0.237. The lowest BCUT2D eigenvalue weighted by Gasteiger charge is -2.26. The first-order chi connectivity index (χ1) is 9.38. The molecule has 5 heteroatoms. The normalized spacial score (nSPS) is 11.7. The van der Waals surface area contributed by atoms with E-state index in [0.29, 0.717) is 11.4 Å². The van der Waals surface area contributed by atoms with Crippen molar-refractivity contribution < 1.29 is 4.74 Å². The van der Waals surface area contributed by atoms with Crippen molar-refractivity contribution in [3.8, 4) is 5.75 Å². The van der Waals surface area contributed by atoms with Crippen LogP contribution in [0.5, 0.6) is 5.75 Å². The Hall–Kier alpha value is -1.75. The Morgan fingerprint density at radius 1 is 1.35 bits per heavy atom. The Kier molecular flexibility index (Phi) is 4.18. The Bertz CT molecular complexity index is 565. The van der Waals surface area contributed by atoms with Crippen LogP contribution in [-0.2, 0) is 5.54 Å². The van der Waals surface area contributed by atoms with E-state index in [1.165, 1.54) is 0 Å². The molecule has 2 rings (SSSR count). The second kappa shape index (κ2) is 5.71. The molecule has 0 aliphatic carbocycles. The molecule has 1 heterocycles. The molecule has 1 aromatic heterocycles. The van der Waals surface area contributed by atoms with Gasteiger partial charge >= 0.3 is 0 Å². The van der Waals surface area contributed by atoms with Gasteiger partial charge in [-0.2, -0.15) is 0 Å². The van der Waals surface area contributed by atoms with E-state index in [2.05, 4.69) is 24.1 Å². The third-order valence-electron chi connectivity index (χ3n) is 2.80. The zero-order chi connectivity index (χ0) is 14.8. The molecule has 0 saturated carbocycles. The van der Waals surface area contributed by atoms with Gasteiger partial charge in [0, 0.05) is 23.3 Å². The molecular weight excluding hydrogens is 270 g/mol. The van der Waals surface area contributed by atoms with Crippen LogP contribution in [-0.4, -0.2) is 11.1 Å². The minimum Gasteiger partial charge on any atom is -0.489 e. The van der Waals surface area contributed by atoms with Crippen molar-refractivity contribution in [2.45, 2.75) is 39.3 Å². The second-order valence-electron chi connectivity index (χ2n) is 5.51. The Morgan fingerprint density at radius 2 is 2.10 bits per heavy atom. The summed E-state index contributed by atoms with van der Waals surface area (Å²) in [5, 5.41) is 6.50. The van der Waals surface area contributed by atoms with Crippen LogP contribution in [0.2, 0.25) is 0 Å². The molecule has 4 nitrogen and oxygen atoms in total. The fourth-order valence-corrected chi connectivity index (χ4v) is 2.63. The number of nitrogens with one attached hydrogen (secondary N) is 1. The maximum atomic E-state index is 5.93. The van der Waals surface area contributed by atoms with Crippen LogP contribution >= 0.6 is 11.3 Å². The van der Waals surface area contributed by atoms with E-state index < -0.39 is 0 Å². The molecule has 0 saturated heterocycles. The molecule has 0 radical (unpaired) electrons. The summed E-state index contributed by atoms with van der Waals surface area (Å²) in [5.74, 6) is 0.708. The van der Waals surface area contributed by atoms with Gasteiger partial charge in [0.05, 0.1) is 17.3 Å². The summed E-state index contributed by atoms with van der Waals surface area (Å²) in [6.45, 7) is 8.18.